The summed E-state index contributed by atoms with van der Waals surface area (Å²) in [6.45, 7) is 0. The van der Waals surface area contributed by atoms with E-state index in [2.05, 4.69) is 200 Å². The number of benzene rings is 9. The number of para-hydroxylation sites is 1. The molecule has 0 atom stereocenters. The average molecular weight is 789 g/mol. The first-order chi connectivity index (χ1) is 30.8. The summed E-state index contributed by atoms with van der Waals surface area (Å²) in [5.74, 6) is 0.670. The first-order valence-corrected chi connectivity index (χ1v) is 21.2. The lowest BCUT2D eigenvalue weighted by Crippen LogP contribution is -2.29. The van der Waals surface area contributed by atoms with Crippen molar-refractivity contribution in [3.05, 3.63) is 241 Å². The number of hydrogen-bond donors (Lipinski definition) is 0. The average Bonchev–Trinajstić information content (AvgIpc) is 3.84. The molecule has 0 bridgehead atoms. The van der Waals surface area contributed by atoms with E-state index >= 15 is 0 Å². The summed E-state index contributed by atoms with van der Waals surface area (Å²) in [6.07, 6.45) is 0. The van der Waals surface area contributed by atoms with Gasteiger partial charge in [-0.3, -0.25) is 0 Å². The largest absolute Gasteiger partial charge is 0.456 e. The molecule has 2 aliphatic rings. The van der Waals surface area contributed by atoms with E-state index in [4.69, 9.17) is 14.4 Å². The summed E-state index contributed by atoms with van der Waals surface area (Å²) < 4.78 is 6.40. The molecule has 0 radical (unpaired) electrons. The fourth-order valence-electron chi connectivity index (χ4n) is 10.6. The molecule has 13 rings (SSSR count). The van der Waals surface area contributed by atoms with Crippen molar-refractivity contribution in [1.29, 1.82) is 0 Å². The standard InChI is InChI=1S/C59H36N2O/c1-2-17-37(18-3-1)39-19-4-7-25-45(39)58-60-53(36-54(61-58)46-27-16-32-56-57(46)47-26-11-15-31-55(47)62-56)38-33-34-52-48(35-38)44-24-10-14-30-51(44)59(52)49-28-12-8-22-42(49)40-20-5-6-21-41(40)43-23-9-13-29-50(43)59/h1-36H. The number of rotatable bonds is 4. The van der Waals surface area contributed by atoms with Gasteiger partial charge < -0.3 is 4.42 Å². The molecule has 0 saturated carbocycles. The van der Waals surface area contributed by atoms with Gasteiger partial charge in [0.15, 0.2) is 5.82 Å². The van der Waals surface area contributed by atoms with Crippen LogP contribution < -0.4 is 0 Å². The summed E-state index contributed by atoms with van der Waals surface area (Å²) in [4.78, 5) is 10.9. The van der Waals surface area contributed by atoms with Crippen LogP contribution in [0.4, 0.5) is 0 Å². The highest BCUT2D eigenvalue weighted by Crippen LogP contribution is 2.61. The fraction of sp³-hybridized carbons (Fsp3) is 0.0169. The van der Waals surface area contributed by atoms with Gasteiger partial charge in [-0.05, 0) is 91.0 Å². The lowest BCUT2D eigenvalue weighted by atomic mass is 9.66. The molecule has 1 spiro atoms. The second-order valence-corrected chi connectivity index (χ2v) is 16.3. The molecule has 62 heavy (non-hydrogen) atoms. The van der Waals surface area contributed by atoms with Gasteiger partial charge in [-0.25, -0.2) is 9.97 Å². The first kappa shape index (κ1) is 34.7. The molecule has 3 heteroatoms. The monoisotopic (exact) mass is 788 g/mol. The van der Waals surface area contributed by atoms with Crippen LogP contribution in [0.25, 0.3) is 100 Å². The van der Waals surface area contributed by atoms with Crippen molar-refractivity contribution in [2.24, 2.45) is 0 Å². The highest BCUT2D eigenvalue weighted by Gasteiger charge is 2.49. The molecule has 0 N–H and O–H groups in total. The third kappa shape index (κ3) is 4.94. The first-order valence-electron chi connectivity index (χ1n) is 21.2. The zero-order valence-electron chi connectivity index (χ0n) is 33.6. The normalized spacial score (nSPS) is 13.0. The van der Waals surface area contributed by atoms with Gasteiger partial charge in [0.05, 0.1) is 16.8 Å². The molecule has 3 nitrogen and oxygen atoms in total. The van der Waals surface area contributed by atoms with Crippen molar-refractivity contribution in [2.45, 2.75) is 5.41 Å². The van der Waals surface area contributed by atoms with Gasteiger partial charge in [-0.2, -0.15) is 0 Å². The van der Waals surface area contributed by atoms with E-state index in [1.54, 1.807) is 0 Å². The zero-order valence-corrected chi connectivity index (χ0v) is 33.6. The minimum atomic E-state index is -0.550. The topological polar surface area (TPSA) is 38.9 Å². The van der Waals surface area contributed by atoms with Crippen molar-refractivity contribution in [1.82, 2.24) is 9.97 Å². The van der Waals surface area contributed by atoms with Gasteiger partial charge in [0, 0.05) is 27.5 Å². The lowest BCUT2D eigenvalue weighted by Gasteiger charge is -2.35. The summed E-state index contributed by atoms with van der Waals surface area (Å²) in [7, 11) is 0. The van der Waals surface area contributed by atoms with Gasteiger partial charge in [0.1, 0.15) is 11.2 Å². The molecule has 11 aromatic rings. The molecule has 0 fully saturated rings. The summed E-state index contributed by atoms with van der Waals surface area (Å²) in [6, 6.07) is 78.7. The van der Waals surface area contributed by atoms with Crippen molar-refractivity contribution >= 4 is 21.9 Å². The van der Waals surface area contributed by atoms with Crippen LogP contribution in [0, 0.1) is 0 Å². The number of furan rings is 1. The van der Waals surface area contributed by atoms with Crippen molar-refractivity contribution in [3.8, 4) is 78.4 Å². The Labute approximate surface area is 359 Å². The molecule has 2 aliphatic carbocycles. The van der Waals surface area contributed by atoms with Crippen LogP contribution in [0.3, 0.4) is 0 Å². The smallest absolute Gasteiger partial charge is 0.161 e. The zero-order chi connectivity index (χ0) is 40.8. The Morgan fingerprint density at radius 3 is 1.50 bits per heavy atom. The minimum Gasteiger partial charge on any atom is -0.456 e. The number of nitrogens with zero attached hydrogens (tertiary/aromatic N) is 2. The molecule has 0 unspecified atom stereocenters. The van der Waals surface area contributed by atoms with E-state index in [1.165, 1.54) is 55.6 Å². The van der Waals surface area contributed by atoms with Crippen molar-refractivity contribution in [3.63, 3.8) is 0 Å². The molecule has 0 saturated heterocycles. The predicted octanol–water partition coefficient (Wildman–Crippen LogP) is 15.1. The highest BCUT2D eigenvalue weighted by molar-refractivity contribution is 6.12. The number of hydrogen-bond acceptors (Lipinski definition) is 3. The summed E-state index contributed by atoms with van der Waals surface area (Å²) in [5.41, 5.74) is 20.7. The fourth-order valence-corrected chi connectivity index (χ4v) is 10.6. The van der Waals surface area contributed by atoms with Crippen LogP contribution in [-0.2, 0) is 5.41 Å². The van der Waals surface area contributed by atoms with Crippen LogP contribution in [0.1, 0.15) is 22.3 Å². The van der Waals surface area contributed by atoms with E-state index < -0.39 is 5.41 Å². The second kappa shape index (κ2) is 13.4. The minimum absolute atomic E-state index is 0.550. The van der Waals surface area contributed by atoms with Crippen LogP contribution in [0.2, 0.25) is 0 Å². The molecule has 288 valence electrons. The Bertz CT molecular complexity index is 3530. The maximum Gasteiger partial charge on any atom is 0.161 e. The Morgan fingerprint density at radius 1 is 0.306 bits per heavy atom. The second-order valence-electron chi connectivity index (χ2n) is 16.3. The Balaban J connectivity index is 1.08. The molecule has 2 aromatic heterocycles. The third-order valence-corrected chi connectivity index (χ3v) is 13.2. The van der Waals surface area contributed by atoms with Gasteiger partial charge >= 0.3 is 0 Å². The number of fused-ring (bicyclic) bond motifs is 15. The molecular formula is C59H36N2O. The van der Waals surface area contributed by atoms with Gasteiger partial charge in [0.2, 0.25) is 0 Å². The van der Waals surface area contributed by atoms with Crippen LogP contribution >= 0.6 is 0 Å². The van der Waals surface area contributed by atoms with Crippen LogP contribution in [0.5, 0.6) is 0 Å². The van der Waals surface area contributed by atoms with E-state index in [9.17, 15) is 0 Å². The van der Waals surface area contributed by atoms with Crippen molar-refractivity contribution < 1.29 is 4.42 Å². The molecule has 9 aromatic carbocycles. The van der Waals surface area contributed by atoms with Crippen LogP contribution in [0.15, 0.2) is 223 Å². The van der Waals surface area contributed by atoms with Gasteiger partial charge in [0.25, 0.3) is 0 Å². The molecule has 0 aliphatic heterocycles. The number of aromatic nitrogens is 2. The highest BCUT2D eigenvalue weighted by atomic mass is 16.3. The maximum atomic E-state index is 6.40. The van der Waals surface area contributed by atoms with Gasteiger partial charge in [-0.1, -0.05) is 194 Å². The van der Waals surface area contributed by atoms with Crippen LogP contribution in [-0.4, -0.2) is 9.97 Å². The quantitative estimate of drug-likeness (QED) is 0.178. The molecule has 2 heterocycles. The van der Waals surface area contributed by atoms with E-state index in [-0.39, 0.29) is 0 Å². The van der Waals surface area contributed by atoms with E-state index in [1.807, 2.05) is 18.2 Å². The van der Waals surface area contributed by atoms with Crippen molar-refractivity contribution in [2.75, 3.05) is 0 Å². The van der Waals surface area contributed by atoms with Gasteiger partial charge in [-0.15, -0.1) is 0 Å². The summed E-state index contributed by atoms with van der Waals surface area (Å²) in [5, 5.41) is 2.11. The molecule has 0 amide bonds. The maximum absolute atomic E-state index is 6.40. The Morgan fingerprint density at radius 2 is 0.806 bits per heavy atom. The van der Waals surface area contributed by atoms with E-state index in [0.29, 0.717) is 5.82 Å². The Kier molecular flexibility index (Phi) is 7.52. The van der Waals surface area contributed by atoms with E-state index in [0.717, 1.165) is 61.1 Å². The summed E-state index contributed by atoms with van der Waals surface area (Å²) >= 11 is 0. The Hall–Kier alpha value is -8.14. The third-order valence-electron chi connectivity index (χ3n) is 13.2. The molecular weight excluding hydrogens is 753 g/mol. The lowest BCUT2D eigenvalue weighted by molar-refractivity contribution is 0.669. The SMILES string of the molecule is c1ccc(-c2ccccc2-c2nc(-c3ccc4c(c3)-c3ccccc3C43c4ccccc4-c4ccccc4-c4ccccc43)cc(-c3cccc4oc5ccccc5c34)n2)cc1. The predicted molar refractivity (Wildman–Crippen MR) is 253 cm³/mol.